The van der Waals surface area contributed by atoms with E-state index in [2.05, 4.69) is 25.0 Å². The highest BCUT2D eigenvalue weighted by Gasteiger charge is 2.38. The predicted molar refractivity (Wildman–Crippen MR) is 134 cm³/mol. The molecule has 1 N–H and O–H groups in total. The SMILES string of the molecule is Cc1nn(-c2nc(C3=CCC4(CC3)OCCO4)c(SC(C)C)s2)c(C(=O)O)c1-c1cccc(F)c1. The summed E-state index contributed by atoms with van der Waals surface area (Å²) in [5.41, 5.74) is 3.29. The number of halogens is 1. The van der Waals surface area contributed by atoms with E-state index in [0.29, 0.717) is 46.8 Å². The van der Waals surface area contributed by atoms with Crippen LogP contribution in [-0.2, 0) is 9.47 Å². The van der Waals surface area contributed by atoms with Crippen LogP contribution < -0.4 is 0 Å². The van der Waals surface area contributed by atoms with Gasteiger partial charge in [-0.3, -0.25) is 0 Å². The van der Waals surface area contributed by atoms with E-state index in [1.165, 1.54) is 28.2 Å². The van der Waals surface area contributed by atoms with Crippen molar-refractivity contribution in [2.24, 2.45) is 0 Å². The number of carboxylic acid groups (broad SMARTS) is 1. The summed E-state index contributed by atoms with van der Waals surface area (Å²) in [6, 6.07) is 5.90. The lowest BCUT2D eigenvalue weighted by Crippen LogP contribution is -2.31. The molecule has 2 aliphatic rings. The average molecular weight is 516 g/mol. The van der Waals surface area contributed by atoms with Crippen molar-refractivity contribution in [2.45, 2.75) is 55.3 Å². The Bertz CT molecular complexity index is 1310. The van der Waals surface area contributed by atoms with Crippen LogP contribution in [0.2, 0.25) is 0 Å². The molecule has 0 saturated carbocycles. The van der Waals surface area contributed by atoms with E-state index in [9.17, 15) is 14.3 Å². The maximum atomic E-state index is 13.9. The van der Waals surface area contributed by atoms with Gasteiger partial charge in [-0.15, -0.1) is 11.8 Å². The molecule has 7 nitrogen and oxygen atoms in total. The molecule has 1 fully saturated rings. The lowest BCUT2D eigenvalue weighted by Gasteiger charge is -2.30. The lowest BCUT2D eigenvalue weighted by atomic mass is 9.92. The number of thiazole rings is 1. The normalized spacial score (nSPS) is 17.3. The number of aromatic nitrogens is 3. The fourth-order valence-corrected chi connectivity index (χ4v) is 7.02. The van der Waals surface area contributed by atoms with Gasteiger partial charge in [0.15, 0.2) is 11.5 Å². The smallest absolute Gasteiger partial charge is 0.355 e. The van der Waals surface area contributed by atoms with Crippen LogP contribution in [0.5, 0.6) is 0 Å². The molecular weight excluding hydrogens is 489 g/mol. The van der Waals surface area contributed by atoms with E-state index in [-0.39, 0.29) is 5.69 Å². The molecule has 1 aliphatic carbocycles. The summed E-state index contributed by atoms with van der Waals surface area (Å²) in [6.07, 6.45) is 4.30. The summed E-state index contributed by atoms with van der Waals surface area (Å²) >= 11 is 3.12. The number of carboxylic acids is 1. The van der Waals surface area contributed by atoms with Crippen LogP contribution in [0.15, 0.2) is 34.6 Å². The minimum absolute atomic E-state index is 0.0289. The zero-order valence-electron chi connectivity index (χ0n) is 19.7. The summed E-state index contributed by atoms with van der Waals surface area (Å²) in [6.45, 7) is 7.18. The van der Waals surface area contributed by atoms with E-state index >= 15 is 0 Å². The standard InChI is InChI=1S/C25H26FN3O4S2/c1-14(2)34-23-20(16-7-9-25(10-8-16)32-11-12-33-25)27-24(35-23)29-21(22(30)31)19(15(3)28-29)17-5-4-6-18(26)13-17/h4-7,13-14H,8-12H2,1-3H3,(H,30,31). The molecular formula is C25H26FN3O4S2. The molecule has 0 radical (unpaired) electrons. The molecule has 0 atom stereocenters. The van der Waals surface area contributed by atoms with Crippen molar-refractivity contribution in [3.8, 4) is 16.3 Å². The van der Waals surface area contributed by atoms with Crippen molar-refractivity contribution in [1.82, 2.24) is 14.8 Å². The number of rotatable bonds is 6. The zero-order valence-corrected chi connectivity index (χ0v) is 21.3. The Morgan fingerprint density at radius 2 is 2.09 bits per heavy atom. The van der Waals surface area contributed by atoms with Crippen molar-refractivity contribution >= 4 is 34.6 Å². The molecule has 35 heavy (non-hydrogen) atoms. The van der Waals surface area contributed by atoms with Gasteiger partial charge < -0.3 is 14.6 Å². The first-order valence-corrected chi connectivity index (χ1v) is 13.2. The summed E-state index contributed by atoms with van der Waals surface area (Å²) in [5, 5.41) is 15.4. The number of aryl methyl sites for hydroxylation is 1. The molecule has 1 aliphatic heterocycles. The Labute approximate surface area is 211 Å². The molecule has 0 bridgehead atoms. The van der Waals surface area contributed by atoms with Crippen molar-refractivity contribution in [2.75, 3.05) is 13.2 Å². The number of allylic oxidation sites excluding steroid dienone is 1. The minimum atomic E-state index is -1.14. The summed E-state index contributed by atoms with van der Waals surface area (Å²) < 4.78 is 28.0. The molecule has 5 rings (SSSR count). The molecule has 1 spiro atoms. The van der Waals surface area contributed by atoms with Gasteiger partial charge in [-0.05, 0) is 36.6 Å². The van der Waals surface area contributed by atoms with Crippen LogP contribution in [0.4, 0.5) is 4.39 Å². The third-order valence-corrected chi connectivity index (χ3v) is 8.28. The fourth-order valence-electron chi connectivity index (χ4n) is 4.52. The quantitative estimate of drug-likeness (QED) is 0.406. The Morgan fingerprint density at radius 3 is 2.71 bits per heavy atom. The molecule has 184 valence electrons. The van der Waals surface area contributed by atoms with Gasteiger partial charge in [0.2, 0.25) is 5.13 Å². The first kappa shape index (κ1) is 24.2. The van der Waals surface area contributed by atoms with Gasteiger partial charge in [0.25, 0.3) is 0 Å². The largest absolute Gasteiger partial charge is 0.476 e. The molecule has 1 saturated heterocycles. The van der Waals surface area contributed by atoms with Gasteiger partial charge in [0, 0.05) is 23.7 Å². The molecule has 0 unspecified atom stereocenters. The number of carbonyl (C=O) groups is 1. The lowest BCUT2D eigenvalue weighted by molar-refractivity contribution is -0.159. The number of thioether (sulfide) groups is 1. The zero-order chi connectivity index (χ0) is 24.7. The van der Waals surface area contributed by atoms with E-state index < -0.39 is 17.6 Å². The Balaban J connectivity index is 1.59. The second-order valence-electron chi connectivity index (χ2n) is 8.88. The fraction of sp³-hybridized carbons (Fsp3) is 0.400. The van der Waals surface area contributed by atoms with E-state index in [1.807, 2.05) is 0 Å². The van der Waals surface area contributed by atoms with Gasteiger partial charge in [-0.2, -0.15) is 9.78 Å². The van der Waals surface area contributed by atoms with Crippen molar-refractivity contribution in [1.29, 1.82) is 0 Å². The van der Waals surface area contributed by atoms with Crippen LogP contribution in [0.25, 0.3) is 21.8 Å². The highest BCUT2D eigenvalue weighted by atomic mass is 32.2. The second kappa shape index (κ2) is 9.50. The minimum Gasteiger partial charge on any atom is -0.476 e. The van der Waals surface area contributed by atoms with Gasteiger partial charge in [-0.1, -0.05) is 43.4 Å². The molecule has 1 aromatic carbocycles. The van der Waals surface area contributed by atoms with E-state index in [1.54, 1.807) is 30.8 Å². The maximum absolute atomic E-state index is 13.9. The van der Waals surface area contributed by atoms with Crippen molar-refractivity contribution in [3.05, 3.63) is 53.2 Å². The Hall–Kier alpha value is -2.53. The highest BCUT2D eigenvalue weighted by molar-refractivity contribution is 8.01. The number of aromatic carboxylic acids is 1. The topological polar surface area (TPSA) is 86.5 Å². The van der Waals surface area contributed by atoms with E-state index in [4.69, 9.17) is 14.5 Å². The number of nitrogens with zero attached hydrogens (tertiary/aromatic N) is 3. The van der Waals surface area contributed by atoms with E-state index in [0.717, 1.165) is 28.3 Å². The molecule has 2 aromatic heterocycles. The predicted octanol–water partition coefficient (Wildman–Crippen LogP) is 5.95. The number of hydrogen-bond donors (Lipinski definition) is 1. The average Bonchev–Trinajstić information content (AvgIpc) is 3.52. The van der Waals surface area contributed by atoms with Crippen LogP contribution in [0.3, 0.4) is 0 Å². The monoisotopic (exact) mass is 515 g/mol. The van der Waals surface area contributed by atoms with Crippen LogP contribution in [0.1, 0.15) is 55.0 Å². The summed E-state index contributed by atoms with van der Waals surface area (Å²) in [4.78, 5) is 17.3. The molecule has 3 aromatic rings. The third-order valence-electron chi connectivity index (χ3n) is 6.04. The second-order valence-corrected chi connectivity index (χ2v) is 11.7. The number of ether oxygens (including phenoxy) is 2. The van der Waals surface area contributed by atoms with Gasteiger partial charge in [-0.25, -0.2) is 14.2 Å². The van der Waals surface area contributed by atoms with Gasteiger partial charge in [0.05, 0.1) is 28.8 Å². The molecule has 10 heteroatoms. The summed E-state index contributed by atoms with van der Waals surface area (Å²) in [7, 11) is 0. The van der Waals surface area contributed by atoms with Crippen molar-refractivity contribution in [3.63, 3.8) is 0 Å². The molecule has 0 amide bonds. The molecule has 3 heterocycles. The maximum Gasteiger partial charge on any atom is 0.355 e. The van der Waals surface area contributed by atoms with Gasteiger partial charge >= 0.3 is 5.97 Å². The van der Waals surface area contributed by atoms with Crippen LogP contribution >= 0.6 is 23.1 Å². The third kappa shape index (κ3) is 4.67. The Morgan fingerprint density at radius 1 is 1.31 bits per heavy atom. The number of hydrogen-bond acceptors (Lipinski definition) is 7. The highest BCUT2D eigenvalue weighted by Crippen LogP contribution is 2.44. The first-order valence-electron chi connectivity index (χ1n) is 11.5. The van der Waals surface area contributed by atoms with Crippen LogP contribution in [-0.4, -0.2) is 50.1 Å². The summed E-state index contributed by atoms with van der Waals surface area (Å²) in [5.74, 6) is -2.10. The van der Waals surface area contributed by atoms with Crippen LogP contribution in [0, 0.1) is 12.7 Å². The first-order chi connectivity index (χ1) is 16.8. The van der Waals surface area contributed by atoms with Crippen molar-refractivity contribution < 1.29 is 23.8 Å². The Kier molecular flexibility index (Phi) is 6.56. The number of benzene rings is 1. The van der Waals surface area contributed by atoms with Gasteiger partial charge in [0.1, 0.15) is 5.82 Å².